The minimum absolute atomic E-state index is 0.0417. The molecule has 0 aliphatic rings. The fourth-order valence-corrected chi connectivity index (χ4v) is 2.44. The number of nitrogens with one attached hydrogen (secondary N) is 2. The molecule has 1 atom stereocenters. The Labute approximate surface area is 157 Å². The van der Waals surface area contributed by atoms with Crippen LogP contribution in [0.3, 0.4) is 0 Å². The fourth-order valence-electron chi connectivity index (χ4n) is 2.44. The number of ether oxygens (including phenoxy) is 2. The maximum Gasteiger partial charge on any atom is 0.408 e. The van der Waals surface area contributed by atoms with Gasteiger partial charge in [-0.25, -0.2) is 18.6 Å². The minimum atomic E-state index is -0.855. The zero-order valence-corrected chi connectivity index (χ0v) is 16.3. The lowest BCUT2D eigenvalue weighted by Crippen LogP contribution is -2.45. The standard InChI is InChI=1S/C19H25F2N3O3/c1-18(2,3)27-17(25)24-15(19(4,5)26-6)16-22-10-14(23-16)12-9-11(20)7-8-13(12)21/h7-10,15H,1-6H3,(H,22,23)(H,24,25). The summed E-state index contributed by atoms with van der Waals surface area (Å²) in [7, 11) is 1.50. The van der Waals surface area contributed by atoms with Gasteiger partial charge in [0.15, 0.2) is 0 Å². The van der Waals surface area contributed by atoms with E-state index in [1.54, 1.807) is 34.6 Å². The molecule has 0 fully saturated rings. The summed E-state index contributed by atoms with van der Waals surface area (Å²) in [5, 5.41) is 2.72. The summed E-state index contributed by atoms with van der Waals surface area (Å²) in [5.41, 5.74) is -1.21. The number of alkyl carbamates (subject to hydrolysis) is 1. The van der Waals surface area contributed by atoms with Gasteiger partial charge in [0, 0.05) is 12.7 Å². The monoisotopic (exact) mass is 381 g/mol. The number of H-pyrrole nitrogens is 1. The molecule has 2 rings (SSSR count). The number of benzene rings is 1. The number of carbonyl (C=O) groups is 1. The van der Waals surface area contributed by atoms with Gasteiger partial charge in [-0.2, -0.15) is 0 Å². The first-order valence-electron chi connectivity index (χ1n) is 8.48. The largest absolute Gasteiger partial charge is 0.444 e. The first kappa shape index (κ1) is 20.8. The second-order valence-electron chi connectivity index (χ2n) is 7.69. The summed E-state index contributed by atoms with van der Waals surface area (Å²) < 4.78 is 38.3. The van der Waals surface area contributed by atoms with E-state index in [-0.39, 0.29) is 11.3 Å². The number of rotatable bonds is 5. The second-order valence-corrected chi connectivity index (χ2v) is 7.69. The highest BCUT2D eigenvalue weighted by Crippen LogP contribution is 2.30. The average molecular weight is 381 g/mol. The quantitative estimate of drug-likeness (QED) is 0.808. The molecule has 148 valence electrons. The maximum atomic E-state index is 14.0. The van der Waals surface area contributed by atoms with Crippen molar-refractivity contribution in [1.29, 1.82) is 0 Å². The molecule has 8 heteroatoms. The van der Waals surface area contributed by atoms with Crippen molar-refractivity contribution >= 4 is 6.09 Å². The summed E-state index contributed by atoms with van der Waals surface area (Å²) in [6.07, 6.45) is 0.732. The van der Waals surface area contributed by atoms with Crippen molar-refractivity contribution in [2.24, 2.45) is 0 Å². The third-order valence-corrected chi connectivity index (χ3v) is 3.97. The predicted molar refractivity (Wildman–Crippen MR) is 97.1 cm³/mol. The van der Waals surface area contributed by atoms with Gasteiger partial charge < -0.3 is 19.8 Å². The Balaban J connectivity index is 2.36. The van der Waals surface area contributed by atoms with Gasteiger partial charge >= 0.3 is 6.09 Å². The van der Waals surface area contributed by atoms with Crippen molar-refractivity contribution in [3.8, 4) is 11.3 Å². The molecule has 1 aromatic carbocycles. The topological polar surface area (TPSA) is 76.2 Å². The van der Waals surface area contributed by atoms with Crippen molar-refractivity contribution in [1.82, 2.24) is 15.3 Å². The van der Waals surface area contributed by atoms with Crippen molar-refractivity contribution in [2.45, 2.75) is 51.9 Å². The third kappa shape index (κ3) is 5.26. The predicted octanol–water partition coefficient (Wildman–Crippen LogP) is 4.35. The molecule has 1 aromatic heterocycles. The molecular weight excluding hydrogens is 356 g/mol. The van der Waals surface area contributed by atoms with Gasteiger partial charge in [-0.05, 0) is 52.8 Å². The smallest absolute Gasteiger partial charge is 0.408 e. The maximum absolute atomic E-state index is 14.0. The summed E-state index contributed by atoms with van der Waals surface area (Å²) >= 11 is 0. The normalized spacial score (nSPS) is 13.3. The zero-order chi connectivity index (χ0) is 20.4. The van der Waals surface area contributed by atoms with Crippen LogP contribution in [-0.4, -0.2) is 34.4 Å². The van der Waals surface area contributed by atoms with E-state index in [1.807, 2.05) is 0 Å². The summed E-state index contributed by atoms with van der Waals surface area (Å²) in [6.45, 7) is 8.78. The van der Waals surface area contributed by atoms with Crippen LogP contribution >= 0.6 is 0 Å². The fraction of sp³-hybridized carbons (Fsp3) is 0.474. The van der Waals surface area contributed by atoms with Gasteiger partial charge in [0.05, 0.1) is 17.5 Å². The Morgan fingerprint density at radius 3 is 2.48 bits per heavy atom. The highest BCUT2D eigenvalue weighted by Gasteiger charge is 2.36. The van der Waals surface area contributed by atoms with Crippen LogP contribution in [0.25, 0.3) is 11.3 Å². The molecule has 2 N–H and O–H groups in total. The molecule has 0 saturated heterocycles. The molecule has 6 nitrogen and oxygen atoms in total. The zero-order valence-electron chi connectivity index (χ0n) is 16.3. The van der Waals surface area contributed by atoms with Crippen LogP contribution in [0.5, 0.6) is 0 Å². The number of aromatic nitrogens is 2. The van der Waals surface area contributed by atoms with E-state index in [0.29, 0.717) is 5.82 Å². The van der Waals surface area contributed by atoms with Gasteiger partial charge in [0.1, 0.15) is 29.1 Å². The van der Waals surface area contributed by atoms with E-state index in [0.717, 1.165) is 18.2 Å². The van der Waals surface area contributed by atoms with Gasteiger partial charge in [-0.3, -0.25) is 0 Å². The molecule has 0 saturated carbocycles. The van der Waals surface area contributed by atoms with E-state index in [9.17, 15) is 13.6 Å². The van der Waals surface area contributed by atoms with Gasteiger partial charge in [0.2, 0.25) is 0 Å². The highest BCUT2D eigenvalue weighted by molar-refractivity contribution is 5.68. The first-order chi connectivity index (χ1) is 12.4. The van der Waals surface area contributed by atoms with Crippen LogP contribution in [0.15, 0.2) is 24.4 Å². The summed E-state index contributed by atoms with van der Waals surface area (Å²) in [5.74, 6) is -0.830. The van der Waals surface area contributed by atoms with E-state index in [4.69, 9.17) is 9.47 Å². The Hall–Kier alpha value is -2.48. The van der Waals surface area contributed by atoms with Crippen LogP contribution in [-0.2, 0) is 9.47 Å². The molecule has 0 aliphatic heterocycles. The van der Waals surface area contributed by atoms with Crippen LogP contribution < -0.4 is 5.32 Å². The Kier molecular flexibility index (Phi) is 5.89. The number of methoxy groups -OCH3 is 1. The van der Waals surface area contributed by atoms with Gasteiger partial charge in [0.25, 0.3) is 0 Å². The van der Waals surface area contributed by atoms with E-state index in [1.165, 1.54) is 13.3 Å². The number of nitrogens with zero attached hydrogens (tertiary/aromatic N) is 1. The van der Waals surface area contributed by atoms with Crippen molar-refractivity contribution in [2.75, 3.05) is 7.11 Å². The molecular formula is C19H25F2N3O3. The third-order valence-electron chi connectivity index (χ3n) is 3.97. The second kappa shape index (κ2) is 7.64. The average Bonchev–Trinajstić information content (AvgIpc) is 3.02. The lowest BCUT2D eigenvalue weighted by Gasteiger charge is -2.33. The lowest BCUT2D eigenvalue weighted by molar-refractivity contribution is -0.0191. The van der Waals surface area contributed by atoms with Crippen molar-refractivity contribution < 1.29 is 23.0 Å². The number of hydrogen-bond donors (Lipinski definition) is 2. The molecule has 1 unspecified atom stereocenters. The summed E-state index contributed by atoms with van der Waals surface area (Å²) in [6, 6.07) is 2.44. The molecule has 1 heterocycles. The van der Waals surface area contributed by atoms with E-state index < -0.39 is 35.0 Å². The molecule has 1 amide bonds. The van der Waals surface area contributed by atoms with Crippen molar-refractivity contribution in [3.05, 3.63) is 41.9 Å². The van der Waals surface area contributed by atoms with Crippen LogP contribution in [0.1, 0.15) is 46.5 Å². The Bertz CT molecular complexity index is 813. The number of amides is 1. The number of carbonyl (C=O) groups excluding carboxylic acids is 1. The molecule has 2 aromatic rings. The molecule has 27 heavy (non-hydrogen) atoms. The van der Waals surface area contributed by atoms with Gasteiger partial charge in [-0.15, -0.1) is 0 Å². The van der Waals surface area contributed by atoms with Crippen LogP contribution in [0, 0.1) is 11.6 Å². The van der Waals surface area contributed by atoms with E-state index >= 15 is 0 Å². The first-order valence-corrected chi connectivity index (χ1v) is 8.48. The highest BCUT2D eigenvalue weighted by atomic mass is 19.1. The van der Waals surface area contributed by atoms with Crippen molar-refractivity contribution in [3.63, 3.8) is 0 Å². The number of halogens is 2. The summed E-state index contributed by atoms with van der Waals surface area (Å²) in [4.78, 5) is 19.4. The minimum Gasteiger partial charge on any atom is -0.444 e. The number of aromatic amines is 1. The molecule has 0 spiro atoms. The SMILES string of the molecule is COC(C)(C)C(NC(=O)OC(C)(C)C)c1ncc(-c2cc(F)ccc2F)[nH]1. The number of imidazole rings is 1. The Morgan fingerprint density at radius 2 is 1.89 bits per heavy atom. The lowest BCUT2D eigenvalue weighted by atomic mass is 9.98. The van der Waals surface area contributed by atoms with Crippen LogP contribution in [0.4, 0.5) is 13.6 Å². The molecule has 0 aliphatic carbocycles. The van der Waals surface area contributed by atoms with E-state index in [2.05, 4.69) is 15.3 Å². The molecule has 0 radical (unpaired) electrons. The molecule has 0 bridgehead atoms. The number of hydrogen-bond acceptors (Lipinski definition) is 4. The Morgan fingerprint density at radius 1 is 1.22 bits per heavy atom. The van der Waals surface area contributed by atoms with Crippen LogP contribution in [0.2, 0.25) is 0 Å². The van der Waals surface area contributed by atoms with Gasteiger partial charge in [-0.1, -0.05) is 0 Å².